The van der Waals surface area contributed by atoms with Crippen LogP contribution in [0.15, 0.2) is 71.8 Å². The summed E-state index contributed by atoms with van der Waals surface area (Å²) in [6.45, 7) is 4.10. The van der Waals surface area contributed by atoms with Gasteiger partial charge in [-0.3, -0.25) is 5.43 Å². The predicted octanol–water partition coefficient (Wildman–Crippen LogP) is 4.98. The molecule has 0 fully saturated rings. The molecule has 2 heteroatoms. The lowest BCUT2D eigenvalue weighted by atomic mass is 10.1. The van der Waals surface area contributed by atoms with Crippen molar-refractivity contribution in [2.24, 2.45) is 5.10 Å². The van der Waals surface area contributed by atoms with E-state index in [1.54, 1.807) is 0 Å². The van der Waals surface area contributed by atoms with Gasteiger partial charge in [-0.05, 0) is 42.3 Å². The van der Waals surface area contributed by atoms with Gasteiger partial charge in [-0.2, -0.15) is 5.10 Å². The summed E-state index contributed by atoms with van der Waals surface area (Å²) in [5, 5.41) is 6.92. The molecule has 0 unspecified atom stereocenters. The van der Waals surface area contributed by atoms with Crippen LogP contribution in [0, 0.1) is 6.92 Å². The molecule has 0 heterocycles. The summed E-state index contributed by atoms with van der Waals surface area (Å²) in [5.74, 6) is 0. The summed E-state index contributed by atoms with van der Waals surface area (Å²) in [7, 11) is 0. The standard InChI is InChI=1S/C19H18N2/c1-14-7-9-16(10-8-14)15(2)20-21-19-12-11-17-5-3-4-6-18(17)13-19/h3-13,21H,1-2H3. The molecule has 1 N–H and O–H groups in total. The van der Waals surface area contributed by atoms with E-state index in [-0.39, 0.29) is 0 Å². The lowest BCUT2D eigenvalue weighted by molar-refractivity contribution is 1.32. The van der Waals surface area contributed by atoms with Gasteiger partial charge in [0, 0.05) is 0 Å². The molecule has 0 saturated carbocycles. The zero-order valence-electron chi connectivity index (χ0n) is 12.3. The van der Waals surface area contributed by atoms with E-state index in [2.05, 4.69) is 72.0 Å². The fourth-order valence-electron chi connectivity index (χ4n) is 2.27. The molecule has 3 aromatic carbocycles. The Hall–Kier alpha value is -2.61. The zero-order chi connectivity index (χ0) is 14.7. The summed E-state index contributed by atoms with van der Waals surface area (Å²) >= 11 is 0. The maximum Gasteiger partial charge on any atom is 0.0648 e. The largest absolute Gasteiger partial charge is 0.278 e. The number of hydrogen-bond donors (Lipinski definition) is 1. The number of nitrogens with zero attached hydrogens (tertiary/aromatic N) is 1. The minimum absolute atomic E-state index is 0.975. The van der Waals surface area contributed by atoms with Crippen LogP contribution in [-0.4, -0.2) is 5.71 Å². The van der Waals surface area contributed by atoms with Crippen LogP contribution < -0.4 is 5.43 Å². The second-order valence-corrected chi connectivity index (χ2v) is 5.24. The lowest BCUT2D eigenvalue weighted by Crippen LogP contribution is -1.99. The smallest absolute Gasteiger partial charge is 0.0648 e. The number of hydrazone groups is 1. The van der Waals surface area contributed by atoms with Crippen molar-refractivity contribution in [3.05, 3.63) is 77.9 Å². The fraction of sp³-hybridized carbons (Fsp3) is 0.105. The molecule has 0 amide bonds. The van der Waals surface area contributed by atoms with Crippen molar-refractivity contribution in [2.45, 2.75) is 13.8 Å². The molecule has 3 aromatic rings. The van der Waals surface area contributed by atoms with Gasteiger partial charge in [-0.15, -0.1) is 0 Å². The average Bonchev–Trinajstić information content (AvgIpc) is 2.53. The van der Waals surface area contributed by atoms with Crippen LogP contribution in [-0.2, 0) is 0 Å². The summed E-state index contributed by atoms with van der Waals surface area (Å²) in [5.41, 5.74) is 7.50. The van der Waals surface area contributed by atoms with Crippen LogP contribution in [0.2, 0.25) is 0 Å². The molecule has 0 aliphatic heterocycles. The van der Waals surface area contributed by atoms with Gasteiger partial charge < -0.3 is 0 Å². The molecule has 0 atom stereocenters. The first kappa shape index (κ1) is 13.4. The molecule has 0 aliphatic carbocycles. The van der Waals surface area contributed by atoms with Gasteiger partial charge in [-0.1, -0.05) is 60.2 Å². The SMILES string of the molecule is CC(=NNc1ccc2ccccc2c1)c1ccc(C)cc1. The molecule has 0 spiro atoms. The van der Waals surface area contributed by atoms with E-state index in [9.17, 15) is 0 Å². The minimum atomic E-state index is 0.975. The Bertz CT molecular complexity index is 786. The normalized spacial score (nSPS) is 11.6. The van der Waals surface area contributed by atoms with Gasteiger partial charge in [0.05, 0.1) is 11.4 Å². The lowest BCUT2D eigenvalue weighted by Gasteiger charge is -2.05. The van der Waals surface area contributed by atoms with Gasteiger partial charge in [0.25, 0.3) is 0 Å². The second-order valence-electron chi connectivity index (χ2n) is 5.24. The molecule has 104 valence electrons. The van der Waals surface area contributed by atoms with Crippen molar-refractivity contribution in [2.75, 3.05) is 5.43 Å². The van der Waals surface area contributed by atoms with E-state index in [4.69, 9.17) is 0 Å². The van der Waals surface area contributed by atoms with E-state index < -0.39 is 0 Å². The Morgan fingerprint density at radius 2 is 1.57 bits per heavy atom. The Morgan fingerprint density at radius 1 is 0.857 bits per heavy atom. The number of hydrogen-bond acceptors (Lipinski definition) is 2. The van der Waals surface area contributed by atoms with Crippen molar-refractivity contribution in [1.82, 2.24) is 0 Å². The van der Waals surface area contributed by atoms with Crippen LogP contribution in [0.1, 0.15) is 18.1 Å². The highest BCUT2D eigenvalue weighted by atomic mass is 15.3. The number of fused-ring (bicyclic) bond motifs is 1. The van der Waals surface area contributed by atoms with Gasteiger partial charge >= 0.3 is 0 Å². The van der Waals surface area contributed by atoms with Crippen molar-refractivity contribution in [3.63, 3.8) is 0 Å². The Balaban J connectivity index is 1.81. The van der Waals surface area contributed by atoms with Crippen LogP contribution in [0.4, 0.5) is 5.69 Å². The summed E-state index contributed by atoms with van der Waals surface area (Å²) in [6, 6.07) is 23.0. The number of anilines is 1. The molecular weight excluding hydrogens is 256 g/mol. The van der Waals surface area contributed by atoms with Crippen molar-refractivity contribution in [3.8, 4) is 0 Å². The van der Waals surface area contributed by atoms with E-state index >= 15 is 0 Å². The number of benzene rings is 3. The molecule has 0 saturated heterocycles. The third-order valence-corrected chi connectivity index (χ3v) is 3.57. The Kier molecular flexibility index (Phi) is 3.69. The Labute approximate surface area is 125 Å². The number of aryl methyl sites for hydroxylation is 1. The fourth-order valence-corrected chi connectivity index (χ4v) is 2.27. The highest BCUT2D eigenvalue weighted by molar-refractivity contribution is 5.99. The van der Waals surface area contributed by atoms with Crippen LogP contribution in [0.5, 0.6) is 0 Å². The van der Waals surface area contributed by atoms with E-state index in [1.807, 2.05) is 19.1 Å². The molecular formula is C19H18N2. The monoisotopic (exact) mass is 274 g/mol. The summed E-state index contributed by atoms with van der Waals surface area (Å²) < 4.78 is 0. The summed E-state index contributed by atoms with van der Waals surface area (Å²) in [6.07, 6.45) is 0. The highest BCUT2D eigenvalue weighted by Gasteiger charge is 1.98. The molecule has 3 rings (SSSR count). The first-order valence-corrected chi connectivity index (χ1v) is 7.08. The topological polar surface area (TPSA) is 24.4 Å². The minimum Gasteiger partial charge on any atom is -0.278 e. The van der Waals surface area contributed by atoms with Crippen LogP contribution in [0.25, 0.3) is 10.8 Å². The van der Waals surface area contributed by atoms with E-state index in [0.717, 1.165) is 17.0 Å². The van der Waals surface area contributed by atoms with Gasteiger partial charge in [0.1, 0.15) is 0 Å². The molecule has 2 nitrogen and oxygen atoms in total. The molecule has 0 aliphatic rings. The van der Waals surface area contributed by atoms with Crippen LogP contribution in [0.3, 0.4) is 0 Å². The van der Waals surface area contributed by atoms with E-state index in [0.29, 0.717) is 0 Å². The van der Waals surface area contributed by atoms with E-state index in [1.165, 1.54) is 16.3 Å². The van der Waals surface area contributed by atoms with Crippen molar-refractivity contribution in [1.29, 1.82) is 0 Å². The quantitative estimate of drug-likeness (QED) is 0.528. The van der Waals surface area contributed by atoms with Crippen LogP contribution >= 0.6 is 0 Å². The van der Waals surface area contributed by atoms with Crippen molar-refractivity contribution < 1.29 is 0 Å². The highest BCUT2D eigenvalue weighted by Crippen LogP contribution is 2.19. The molecule has 21 heavy (non-hydrogen) atoms. The Morgan fingerprint density at radius 3 is 2.33 bits per heavy atom. The second kappa shape index (κ2) is 5.80. The zero-order valence-corrected chi connectivity index (χ0v) is 12.3. The molecule has 0 bridgehead atoms. The number of rotatable bonds is 3. The average molecular weight is 274 g/mol. The van der Waals surface area contributed by atoms with Crippen molar-refractivity contribution >= 4 is 22.2 Å². The molecule has 0 aromatic heterocycles. The third kappa shape index (κ3) is 3.11. The third-order valence-electron chi connectivity index (χ3n) is 3.57. The van der Waals surface area contributed by atoms with Gasteiger partial charge in [0.2, 0.25) is 0 Å². The predicted molar refractivity (Wildman–Crippen MR) is 91.0 cm³/mol. The first-order valence-electron chi connectivity index (χ1n) is 7.08. The number of nitrogens with one attached hydrogen (secondary N) is 1. The maximum atomic E-state index is 4.47. The molecule has 0 radical (unpaired) electrons. The maximum absolute atomic E-state index is 4.47. The first-order chi connectivity index (χ1) is 10.2. The van der Waals surface area contributed by atoms with Gasteiger partial charge in [-0.25, -0.2) is 0 Å². The van der Waals surface area contributed by atoms with Gasteiger partial charge in [0.15, 0.2) is 0 Å². The summed E-state index contributed by atoms with van der Waals surface area (Å²) in [4.78, 5) is 0.